The Morgan fingerprint density at radius 1 is 1.25 bits per heavy atom. The van der Waals surface area contributed by atoms with Gasteiger partial charge in [0.2, 0.25) is 5.91 Å². The lowest BCUT2D eigenvalue weighted by molar-refractivity contribution is -0.130. The maximum absolute atomic E-state index is 12.4. The molecule has 1 saturated heterocycles. The second-order valence-corrected chi connectivity index (χ2v) is 6.91. The smallest absolute Gasteiger partial charge is 0.228 e. The fourth-order valence-corrected chi connectivity index (χ4v) is 3.66. The zero-order chi connectivity index (χ0) is 14.2. The van der Waals surface area contributed by atoms with Crippen LogP contribution < -0.4 is 10.6 Å². The first-order valence-electron chi connectivity index (χ1n) is 7.95. The Morgan fingerprint density at radius 2 is 1.90 bits per heavy atom. The van der Waals surface area contributed by atoms with Gasteiger partial charge in [0.1, 0.15) is 0 Å². The minimum atomic E-state index is -0.493. The molecule has 0 aromatic rings. The standard InChI is InChI=1S/C15H26N2O3/c18-9-15(3-4-15)14(20)17-13(11-7-12(19)8-11)10-1-5-16-6-2-10/h10-13,16,18-19H,1-9H2,(H,17,20)/t11?,12?,13-/m1/s1. The Bertz CT molecular complexity index is 358. The van der Waals surface area contributed by atoms with Gasteiger partial charge in [-0.15, -0.1) is 0 Å². The first-order valence-corrected chi connectivity index (χ1v) is 7.95. The van der Waals surface area contributed by atoms with Crippen LogP contribution in [0.1, 0.15) is 38.5 Å². The van der Waals surface area contributed by atoms with Gasteiger partial charge in [0.05, 0.1) is 18.1 Å². The van der Waals surface area contributed by atoms with E-state index in [0.717, 1.165) is 51.6 Å². The summed E-state index contributed by atoms with van der Waals surface area (Å²) in [6.07, 6.45) is 5.22. The second kappa shape index (κ2) is 5.62. The number of carbonyl (C=O) groups excluding carboxylic acids is 1. The highest BCUT2D eigenvalue weighted by molar-refractivity contribution is 5.85. The Labute approximate surface area is 120 Å². The summed E-state index contributed by atoms with van der Waals surface area (Å²) in [5.74, 6) is 0.948. The quantitative estimate of drug-likeness (QED) is 0.573. The minimum Gasteiger partial charge on any atom is -0.395 e. The second-order valence-electron chi connectivity index (χ2n) is 6.91. The maximum atomic E-state index is 12.4. The number of carbonyl (C=O) groups is 1. The van der Waals surface area contributed by atoms with E-state index in [4.69, 9.17) is 0 Å². The molecule has 5 nitrogen and oxygen atoms in total. The topological polar surface area (TPSA) is 81.6 Å². The van der Waals surface area contributed by atoms with Gasteiger partial charge in [-0.3, -0.25) is 4.79 Å². The van der Waals surface area contributed by atoms with Crippen molar-refractivity contribution < 1.29 is 15.0 Å². The van der Waals surface area contributed by atoms with Crippen LogP contribution in [0.5, 0.6) is 0 Å². The van der Waals surface area contributed by atoms with Crippen molar-refractivity contribution in [3.63, 3.8) is 0 Å². The van der Waals surface area contributed by atoms with E-state index >= 15 is 0 Å². The molecule has 0 aromatic heterocycles. The summed E-state index contributed by atoms with van der Waals surface area (Å²) in [7, 11) is 0. The average molecular weight is 282 g/mol. The number of nitrogens with one attached hydrogen (secondary N) is 2. The number of amides is 1. The molecule has 0 spiro atoms. The van der Waals surface area contributed by atoms with Gasteiger partial charge in [-0.25, -0.2) is 0 Å². The van der Waals surface area contributed by atoms with Gasteiger partial charge in [-0.05, 0) is 63.5 Å². The normalized spacial score (nSPS) is 34.1. The van der Waals surface area contributed by atoms with Crippen molar-refractivity contribution in [2.24, 2.45) is 17.3 Å². The monoisotopic (exact) mass is 282 g/mol. The Balaban J connectivity index is 1.64. The number of piperidine rings is 1. The lowest BCUT2D eigenvalue weighted by Crippen LogP contribution is -2.54. The number of hydrogen-bond donors (Lipinski definition) is 4. The van der Waals surface area contributed by atoms with Crippen molar-refractivity contribution in [1.29, 1.82) is 0 Å². The fourth-order valence-electron chi connectivity index (χ4n) is 3.66. The van der Waals surface area contributed by atoms with Gasteiger partial charge >= 0.3 is 0 Å². The molecule has 1 atom stereocenters. The molecule has 0 unspecified atom stereocenters. The molecule has 4 N–H and O–H groups in total. The van der Waals surface area contributed by atoms with Crippen molar-refractivity contribution in [3.8, 4) is 0 Å². The van der Waals surface area contributed by atoms with Crippen LogP contribution in [0, 0.1) is 17.3 Å². The third kappa shape index (κ3) is 2.71. The molecule has 5 heteroatoms. The minimum absolute atomic E-state index is 0.0323. The lowest BCUT2D eigenvalue weighted by Gasteiger charge is -2.43. The summed E-state index contributed by atoms with van der Waals surface area (Å²) in [5, 5.41) is 25.5. The molecule has 0 bridgehead atoms. The molecule has 1 heterocycles. The summed E-state index contributed by atoms with van der Waals surface area (Å²) < 4.78 is 0. The van der Waals surface area contributed by atoms with Gasteiger partial charge in [0.25, 0.3) is 0 Å². The van der Waals surface area contributed by atoms with Gasteiger partial charge < -0.3 is 20.8 Å². The van der Waals surface area contributed by atoms with Crippen molar-refractivity contribution in [2.45, 2.75) is 50.7 Å². The highest BCUT2D eigenvalue weighted by Gasteiger charge is 2.51. The van der Waals surface area contributed by atoms with E-state index in [1.807, 2.05) is 0 Å². The predicted octanol–water partition coefficient (Wildman–Crippen LogP) is 0.0142. The predicted molar refractivity (Wildman–Crippen MR) is 75.0 cm³/mol. The van der Waals surface area contributed by atoms with Crippen molar-refractivity contribution in [1.82, 2.24) is 10.6 Å². The number of aliphatic hydroxyl groups is 2. The third-order valence-electron chi connectivity index (χ3n) is 5.48. The van der Waals surface area contributed by atoms with E-state index in [2.05, 4.69) is 10.6 Å². The van der Waals surface area contributed by atoms with E-state index in [9.17, 15) is 15.0 Å². The van der Waals surface area contributed by atoms with E-state index in [1.54, 1.807) is 0 Å². The molecule has 0 radical (unpaired) electrons. The van der Waals surface area contributed by atoms with Crippen molar-refractivity contribution >= 4 is 5.91 Å². The maximum Gasteiger partial charge on any atom is 0.228 e. The molecule has 3 fully saturated rings. The summed E-state index contributed by atoms with van der Waals surface area (Å²) in [4.78, 5) is 12.4. The summed E-state index contributed by atoms with van der Waals surface area (Å²) in [6.45, 7) is 1.99. The Morgan fingerprint density at radius 3 is 2.40 bits per heavy atom. The van der Waals surface area contributed by atoms with Crippen LogP contribution in [0.4, 0.5) is 0 Å². The fraction of sp³-hybridized carbons (Fsp3) is 0.933. The molecule has 3 rings (SSSR count). The van der Waals surface area contributed by atoms with E-state index in [-0.39, 0.29) is 24.7 Å². The summed E-state index contributed by atoms with van der Waals surface area (Å²) in [6, 6.07) is 0.178. The van der Waals surface area contributed by atoms with Crippen molar-refractivity contribution in [2.75, 3.05) is 19.7 Å². The zero-order valence-corrected chi connectivity index (χ0v) is 12.0. The molecule has 1 amide bonds. The Hall–Kier alpha value is -0.650. The number of hydrogen-bond acceptors (Lipinski definition) is 4. The molecule has 1 aliphatic heterocycles. The van der Waals surface area contributed by atoms with Crippen LogP contribution in [0.3, 0.4) is 0 Å². The van der Waals surface area contributed by atoms with Crippen LogP contribution in [-0.2, 0) is 4.79 Å². The molecule has 3 aliphatic rings. The molecule has 2 saturated carbocycles. The molecular weight excluding hydrogens is 256 g/mol. The largest absolute Gasteiger partial charge is 0.395 e. The van der Waals surface area contributed by atoms with Crippen LogP contribution >= 0.6 is 0 Å². The Kier molecular flexibility index (Phi) is 4.02. The highest BCUT2D eigenvalue weighted by Crippen LogP contribution is 2.46. The summed E-state index contributed by atoms with van der Waals surface area (Å²) in [5.41, 5.74) is -0.493. The zero-order valence-electron chi connectivity index (χ0n) is 12.0. The average Bonchev–Trinajstić information content (AvgIpc) is 3.23. The van der Waals surface area contributed by atoms with Gasteiger partial charge in [0.15, 0.2) is 0 Å². The third-order valence-corrected chi connectivity index (χ3v) is 5.48. The van der Waals surface area contributed by atoms with Crippen LogP contribution in [0.25, 0.3) is 0 Å². The lowest BCUT2D eigenvalue weighted by atomic mass is 9.71. The van der Waals surface area contributed by atoms with E-state index < -0.39 is 5.41 Å². The van der Waals surface area contributed by atoms with Crippen LogP contribution in [-0.4, -0.2) is 48.0 Å². The SMILES string of the molecule is O=C(N[C@H](C1CCNCC1)C1CC(O)C1)C1(CO)CC1. The van der Waals surface area contributed by atoms with Gasteiger partial charge in [-0.2, -0.15) is 0 Å². The van der Waals surface area contributed by atoms with Gasteiger partial charge in [0, 0.05) is 6.04 Å². The van der Waals surface area contributed by atoms with Crippen LogP contribution in [0.15, 0.2) is 0 Å². The molecule has 0 aromatic carbocycles. The van der Waals surface area contributed by atoms with Crippen LogP contribution in [0.2, 0.25) is 0 Å². The van der Waals surface area contributed by atoms with Gasteiger partial charge in [-0.1, -0.05) is 0 Å². The summed E-state index contributed by atoms with van der Waals surface area (Å²) >= 11 is 0. The molecule has 20 heavy (non-hydrogen) atoms. The van der Waals surface area contributed by atoms with E-state index in [1.165, 1.54) is 0 Å². The number of aliphatic hydroxyl groups excluding tert-OH is 2. The molecule has 2 aliphatic carbocycles. The van der Waals surface area contributed by atoms with Crippen molar-refractivity contribution in [3.05, 3.63) is 0 Å². The molecule has 114 valence electrons. The first-order chi connectivity index (χ1) is 9.64. The number of rotatable bonds is 5. The van der Waals surface area contributed by atoms with E-state index in [0.29, 0.717) is 11.8 Å². The highest BCUT2D eigenvalue weighted by atomic mass is 16.3. The molecular formula is C15H26N2O3. The first kappa shape index (κ1) is 14.3.